The molecule has 2 aliphatic rings. The maximum atomic E-state index is 13.9. The zero-order valence-corrected chi connectivity index (χ0v) is 15.0. The second-order valence-corrected chi connectivity index (χ2v) is 7.39. The molecular formula is C21H25F4O. The van der Waals surface area contributed by atoms with Crippen molar-refractivity contribution < 1.29 is 22.3 Å². The van der Waals surface area contributed by atoms with Crippen LogP contribution in [0.1, 0.15) is 69.8 Å². The van der Waals surface area contributed by atoms with Crippen molar-refractivity contribution in [3.8, 4) is 5.75 Å². The summed E-state index contributed by atoms with van der Waals surface area (Å²) in [5.74, 6) is 0.864. The fourth-order valence-electron chi connectivity index (χ4n) is 4.19. The molecule has 1 nitrogen and oxygen atoms in total. The molecule has 3 rings (SSSR count). The van der Waals surface area contributed by atoms with Gasteiger partial charge in [-0.05, 0) is 74.5 Å². The van der Waals surface area contributed by atoms with Gasteiger partial charge in [-0.2, -0.15) is 0 Å². The third kappa shape index (κ3) is 4.80. The number of allylic oxidation sites excluding steroid dienone is 2. The number of ether oxygens (including phenoxy) is 1. The zero-order valence-electron chi connectivity index (χ0n) is 15.0. The monoisotopic (exact) mass is 369 g/mol. The minimum atomic E-state index is -4.88. The van der Waals surface area contributed by atoms with Gasteiger partial charge in [-0.15, -0.1) is 13.2 Å². The fourth-order valence-corrected chi connectivity index (χ4v) is 4.19. The van der Waals surface area contributed by atoms with Crippen LogP contribution in [0.5, 0.6) is 5.75 Å². The van der Waals surface area contributed by atoms with Gasteiger partial charge >= 0.3 is 6.36 Å². The maximum absolute atomic E-state index is 13.9. The van der Waals surface area contributed by atoms with E-state index < -0.39 is 17.9 Å². The Morgan fingerprint density at radius 3 is 2.35 bits per heavy atom. The molecule has 0 spiro atoms. The predicted molar refractivity (Wildman–Crippen MR) is 93.3 cm³/mol. The first-order valence-electron chi connectivity index (χ1n) is 9.45. The molecule has 26 heavy (non-hydrogen) atoms. The summed E-state index contributed by atoms with van der Waals surface area (Å²) in [5.41, 5.74) is 2.19. The highest BCUT2D eigenvalue weighted by Crippen LogP contribution is 2.42. The van der Waals surface area contributed by atoms with E-state index in [2.05, 4.69) is 17.7 Å². The lowest BCUT2D eigenvalue weighted by Crippen LogP contribution is -2.18. The Balaban J connectivity index is 1.61. The average Bonchev–Trinajstić information content (AvgIpc) is 2.63. The number of alkyl halides is 3. The summed E-state index contributed by atoms with van der Waals surface area (Å²) in [4.78, 5) is 0. The van der Waals surface area contributed by atoms with Gasteiger partial charge in [0.05, 0.1) is 0 Å². The molecule has 0 heterocycles. The Morgan fingerprint density at radius 1 is 1.08 bits per heavy atom. The molecule has 0 saturated heterocycles. The lowest BCUT2D eigenvalue weighted by atomic mass is 9.73. The van der Waals surface area contributed by atoms with Crippen molar-refractivity contribution in [2.45, 2.75) is 70.6 Å². The molecule has 1 aromatic carbocycles. The molecule has 2 aliphatic carbocycles. The molecule has 1 saturated carbocycles. The summed E-state index contributed by atoms with van der Waals surface area (Å²) in [5, 5.41) is 0. The van der Waals surface area contributed by atoms with E-state index >= 15 is 0 Å². The quantitative estimate of drug-likeness (QED) is 0.515. The van der Waals surface area contributed by atoms with E-state index in [9.17, 15) is 17.6 Å². The Hall–Kier alpha value is -1.52. The fraction of sp³-hybridized carbons (Fsp3) is 0.571. The van der Waals surface area contributed by atoms with Crippen LogP contribution in [0.3, 0.4) is 0 Å². The molecule has 0 N–H and O–H groups in total. The largest absolute Gasteiger partial charge is 0.573 e. The topological polar surface area (TPSA) is 9.23 Å². The first-order valence-corrected chi connectivity index (χ1v) is 9.45. The average molecular weight is 369 g/mol. The summed E-state index contributed by atoms with van der Waals surface area (Å²) >= 11 is 0. The Labute approximate surface area is 152 Å². The highest BCUT2D eigenvalue weighted by molar-refractivity contribution is 5.34. The smallest absolute Gasteiger partial charge is 0.403 e. The molecule has 1 unspecified atom stereocenters. The van der Waals surface area contributed by atoms with Gasteiger partial charge in [-0.1, -0.05) is 31.1 Å². The normalized spacial score (nSPS) is 23.0. The predicted octanol–water partition coefficient (Wildman–Crippen LogP) is 7.09. The molecule has 1 aromatic rings. The standard InChI is InChI=1S/C21H25F4O/c1-2-14-3-5-15(6-4-14)16-7-9-17(10-8-16)18-11-12-20(19(22)13-18)26-21(23,24)25/h7,11-14,17H,2-6,8-10H2,1H3. The lowest BCUT2D eigenvalue weighted by molar-refractivity contribution is -0.275. The van der Waals surface area contributed by atoms with Gasteiger partial charge < -0.3 is 4.74 Å². The van der Waals surface area contributed by atoms with Crippen molar-refractivity contribution in [2.24, 2.45) is 5.92 Å². The second kappa shape index (κ2) is 8.01. The van der Waals surface area contributed by atoms with Crippen LogP contribution in [0.25, 0.3) is 0 Å². The minimum absolute atomic E-state index is 0.153. The SMILES string of the molecule is CCC1CC[C](C2=CCC(c3ccc(OC(F)(F)F)c(F)c3)CC2)CC1. The van der Waals surface area contributed by atoms with Crippen LogP contribution in [0.2, 0.25) is 0 Å². The molecule has 143 valence electrons. The van der Waals surface area contributed by atoms with Crippen molar-refractivity contribution in [3.63, 3.8) is 0 Å². The van der Waals surface area contributed by atoms with Crippen LogP contribution >= 0.6 is 0 Å². The van der Waals surface area contributed by atoms with Gasteiger partial charge in [0.2, 0.25) is 0 Å². The van der Waals surface area contributed by atoms with Gasteiger partial charge in [-0.3, -0.25) is 0 Å². The van der Waals surface area contributed by atoms with Crippen LogP contribution in [0.4, 0.5) is 17.6 Å². The van der Waals surface area contributed by atoms with E-state index in [1.165, 1.54) is 43.7 Å². The Morgan fingerprint density at radius 2 is 1.81 bits per heavy atom. The molecule has 5 heteroatoms. The highest BCUT2D eigenvalue weighted by Gasteiger charge is 2.33. The summed E-state index contributed by atoms with van der Waals surface area (Å²) in [7, 11) is 0. The number of hydrogen-bond donors (Lipinski definition) is 0. The maximum Gasteiger partial charge on any atom is 0.573 e. The number of rotatable bonds is 4. The van der Waals surface area contributed by atoms with E-state index in [0.717, 1.165) is 36.8 Å². The van der Waals surface area contributed by atoms with Crippen LogP contribution < -0.4 is 4.74 Å². The van der Waals surface area contributed by atoms with Crippen molar-refractivity contribution in [1.29, 1.82) is 0 Å². The van der Waals surface area contributed by atoms with Crippen molar-refractivity contribution in [1.82, 2.24) is 0 Å². The molecule has 0 aliphatic heterocycles. The summed E-state index contributed by atoms with van der Waals surface area (Å²) in [6.07, 6.45) is 6.26. The second-order valence-electron chi connectivity index (χ2n) is 7.39. The third-order valence-electron chi connectivity index (χ3n) is 5.80. The van der Waals surface area contributed by atoms with Gasteiger partial charge in [-0.25, -0.2) is 4.39 Å². The van der Waals surface area contributed by atoms with Gasteiger partial charge in [0.15, 0.2) is 11.6 Å². The minimum Gasteiger partial charge on any atom is -0.403 e. The first-order chi connectivity index (χ1) is 12.4. The van der Waals surface area contributed by atoms with E-state index in [-0.39, 0.29) is 5.92 Å². The molecule has 1 radical (unpaired) electrons. The van der Waals surface area contributed by atoms with Crippen LogP contribution in [0, 0.1) is 17.7 Å². The summed E-state index contributed by atoms with van der Waals surface area (Å²) in [6, 6.07) is 3.82. The van der Waals surface area contributed by atoms with E-state index in [4.69, 9.17) is 0 Å². The van der Waals surface area contributed by atoms with Crippen molar-refractivity contribution in [2.75, 3.05) is 0 Å². The molecule has 0 aromatic heterocycles. The van der Waals surface area contributed by atoms with Gasteiger partial charge in [0.25, 0.3) is 0 Å². The summed E-state index contributed by atoms with van der Waals surface area (Å²) < 4.78 is 54.4. The molecule has 1 atom stereocenters. The van der Waals surface area contributed by atoms with Crippen molar-refractivity contribution in [3.05, 3.63) is 47.1 Å². The van der Waals surface area contributed by atoms with Crippen LogP contribution in [-0.2, 0) is 0 Å². The van der Waals surface area contributed by atoms with Crippen LogP contribution in [-0.4, -0.2) is 6.36 Å². The van der Waals surface area contributed by atoms with E-state index in [0.29, 0.717) is 0 Å². The van der Waals surface area contributed by atoms with E-state index in [1.54, 1.807) is 12.0 Å². The first kappa shape index (κ1) is 19.2. The number of halogens is 4. The highest BCUT2D eigenvalue weighted by atomic mass is 19.4. The lowest BCUT2D eigenvalue weighted by Gasteiger charge is -2.32. The number of hydrogen-bond acceptors (Lipinski definition) is 1. The Kier molecular flexibility index (Phi) is 5.93. The molecule has 0 bridgehead atoms. The summed E-state index contributed by atoms with van der Waals surface area (Å²) in [6.45, 7) is 2.25. The molecule has 0 amide bonds. The number of benzene rings is 1. The van der Waals surface area contributed by atoms with Crippen LogP contribution in [0.15, 0.2) is 29.8 Å². The Bertz CT molecular complexity index is 642. The van der Waals surface area contributed by atoms with Gasteiger partial charge in [0.1, 0.15) is 0 Å². The van der Waals surface area contributed by atoms with Gasteiger partial charge in [0, 0.05) is 5.92 Å². The van der Waals surface area contributed by atoms with Crippen molar-refractivity contribution >= 4 is 0 Å². The molecule has 1 fully saturated rings. The third-order valence-corrected chi connectivity index (χ3v) is 5.80. The molecular weight excluding hydrogens is 344 g/mol. The zero-order chi connectivity index (χ0) is 18.7. The van der Waals surface area contributed by atoms with E-state index in [1.807, 2.05) is 0 Å².